The van der Waals surface area contributed by atoms with E-state index in [9.17, 15) is 5.11 Å². The number of aliphatic hydroxyl groups is 1. The Kier molecular flexibility index (Phi) is 8.50. The maximum absolute atomic E-state index is 9.72. The Hall–Kier alpha value is -0.320. The van der Waals surface area contributed by atoms with Crippen molar-refractivity contribution in [1.29, 1.82) is 0 Å². The van der Waals surface area contributed by atoms with Gasteiger partial charge in [0.15, 0.2) is 0 Å². The summed E-state index contributed by atoms with van der Waals surface area (Å²) in [6.07, 6.45) is 0.324. The molecule has 0 bridgehead atoms. The van der Waals surface area contributed by atoms with Crippen LogP contribution >= 0.6 is 23.2 Å². The van der Waals surface area contributed by atoms with Crippen molar-refractivity contribution in [2.75, 3.05) is 26.3 Å². The quantitative estimate of drug-likeness (QED) is 0.687. The van der Waals surface area contributed by atoms with Crippen LogP contribution < -0.4 is 5.32 Å². The van der Waals surface area contributed by atoms with Gasteiger partial charge in [0.25, 0.3) is 0 Å². The summed E-state index contributed by atoms with van der Waals surface area (Å²) in [7, 11) is 0. The van der Waals surface area contributed by atoms with Crippen LogP contribution in [0.25, 0.3) is 0 Å². The van der Waals surface area contributed by atoms with Crippen molar-refractivity contribution in [3.63, 3.8) is 0 Å². The molecule has 0 fully saturated rings. The third-order valence-electron chi connectivity index (χ3n) is 2.73. The van der Waals surface area contributed by atoms with Crippen LogP contribution in [0.2, 0.25) is 10.0 Å². The number of ether oxygens (including phenoxy) is 1. The minimum absolute atomic E-state index is 0.368. The molecule has 3 nitrogen and oxygen atoms in total. The number of aliphatic hydroxyl groups excluding tert-OH is 1. The van der Waals surface area contributed by atoms with Gasteiger partial charge in [-0.25, -0.2) is 0 Å². The average Bonchev–Trinajstić information content (AvgIpc) is 2.36. The van der Waals surface area contributed by atoms with Gasteiger partial charge in [-0.3, -0.25) is 0 Å². The van der Waals surface area contributed by atoms with Crippen LogP contribution in [0, 0.1) is 5.92 Å². The summed E-state index contributed by atoms with van der Waals surface area (Å²) in [5.74, 6) is 0.488. The summed E-state index contributed by atoms with van der Waals surface area (Å²) in [5, 5.41) is 14.2. The second kappa shape index (κ2) is 9.59. The second-order valence-electron chi connectivity index (χ2n) is 5.27. The molecule has 20 heavy (non-hydrogen) atoms. The SMILES string of the molecule is CC(C)COCC(O)CNCCc1ccc(Cl)cc1Cl. The molecule has 0 radical (unpaired) electrons. The van der Waals surface area contributed by atoms with Crippen molar-refractivity contribution in [1.82, 2.24) is 5.32 Å². The first-order valence-electron chi connectivity index (χ1n) is 6.89. The average molecular weight is 320 g/mol. The molecule has 0 saturated heterocycles. The summed E-state index contributed by atoms with van der Waals surface area (Å²) in [6.45, 7) is 6.48. The van der Waals surface area contributed by atoms with E-state index in [1.54, 1.807) is 6.07 Å². The molecule has 0 aliphatic heterocycles. The van der Waals surface area contributed by atoms with E-state index in [4.69, 9.17) is 27.9 Å². The Bertz CT molecular complexity index is 399. The standard InChI is InChI=1S/C15H23Cl2NO2/c1-11(2)9-20-10-14(19)8-18-6-5-12-3-4-13(16)7-15(12)17/h3-4,7,11,14,18-19H,5-6,8-10H2,1-2H3. The van der Waals surface area contributed by atoms with Gasteiger partial charge in [0.2, 0.25) is 0 Å². The number of hydrogen-bond acceptors (Lipinski definition) is 3. The first-order valence-corrected chi connectivity index (χ1v) is 7.65. The van der Waals surface area contributed by atoms with Crippen molar-refractivity contribution in [2.24, 2.45) is 5.92 Å². The first kappa shape index (κ1) is 17.7. The zero-order valence-corrected chi connectivity index (χ0v) is 13.5. The maximum Gasteiger partial charge on any atom is 0.0897 e. The van der Waals surface area contributed by atoms with Gasteiger partial charge in [0.05, 0.1) is 12.7 Å². The van der Waals surface area contributed by atoms with Crippen LogP contribution in [0.3, 0.4) is 0 Å². The van der Waals surface area contributed by atoms with E-state index in [-0.39, 0.29) is 0 Å². The highest BCUT2D eigenvalue weighted by Gasteiger charge is 2.05. The highest BCUT2D eigenvalue weighted by molar-refractivity contribution is 6.35. The Morgan fingerprint density at radius 3 is 2.65 bits per heavy atom. The lowest BCUT2D eigenvalue weighted by atomic mass is 10.1. The Morgan fingerprint density at radius 2 is 2.00 bits per heavy atom. The van der Waals surface area contributed by atoms with E-state index < -0.39 is 6.10 Å². The number of halogens is 2. The molecule has 1 atom stereocenters. The van der Waals surface area contributed by atoms with Gasteiger partial charge in [-0.1, -0.05) is 43.1 Å². The molecular weight excluding hydrogens is 297 g/mol. The maximum atomic E-state index is 9.72. The monoisotopic (exact) mass is 319 g/mol. The molecule has 1 unspecified atom stereocenters. The molecule has 0 aliphatic rings. The van der Waals surface area contributed by atoms with Crippen LogP contribution in [-0.4, -0.2) is 37.5 Å². The van der Waals surface area contributed by atoms with Gasteiger partial charge in [-0.05, 0) is 36.6 Å². The molecule has 0 spiro atoms. The fourth-order valence-electron chi connectivity index (χ4n) is 1.71. The van der Waals surface area contributed by atoms with Crippen LogP contribution in [0.5, 0.6) is 0 Å². The van der Waals surface area contributed by atoms with E-state index >= 15 is 0 Å². The van der Waals surface area contributed by atoms with Crippen LogP contribution in [0.4, 0.5) is 0 Å². The number of rotatable bonds is 9. The molecule has 114 valence electrons. The molecular formula is C15H23Cl2NO2. The highest BCUT2D eigenvalue weighted by Crippen LogP contribution is 2.20. The third-order valence-corrected chi connectivity index (χ3v) is 3.31. The fraction of sp³-hybridized carbons (Fsp3) is 0.600. The molecule has 2 N–H and O–H groups in total. The Morgan fingerprint density at radius 1 is 1.25 bits per heavy atom. The lowest BCUT2D eigenvalue weighted by Gasteiger charge is -2.13. The molecule has 5 heteroatoms. The fourth-order valence-corrected chi connectivity index (χ4v) is 2.22. The highest BCUT2D eigenvalue weighted by atomic mass is 35.5. The summed E-state index contributed by atoms with van der Waals surface area (Å²) in [6, 6.07) is 5.50. The Balaban J connectivity index is 2.15. The van der Waals surface area contributed by atoms with E-state index in [0.29, 0.717) is 35.7 Å². The summed E-state index contributed by atoms with van der Waals surface area (Å²) in [4.78, 5) is 0. The first-order chi connectivity index (χ1) is 9.49. The topological polar surface area (TPSA) is 41.5 Å². The molecule has 1 aromatic carbocycles. The van der Waals surface area contributed by atoms with Crippen molar-refractivity contribution in [3.05, 3.63) is 33.8 Å². The minimum atomic E-state index is -0.477. The number of hydrogen-bond donors (Lipinski definition) is 2. The third kappa shape index (κ3) is 7.46. The van der Waals surface area contributed by atoms with Crippen LogP contribution in [-0.2, 0) is 11.2 Å². The molecule has 1 rings (SSSR count). The second-order valence-corrected chi connectivity index (χ2v) is 6.12. The van der Waals surface area contributed by atoms with E-state index in [1.165, 1.54) is 0 Å². The van der Waals surface area contributed by atoms with Crippen molar-refractivity contribution >= 4 is 23.2 Å². The van der Waals surface area contributed by atoms with Crippen LogP contribution in [0.1, 0.15) is 19.4 Å². The lowest BCUT2D eigenvalue weighted by molar-refractivity contribution is 0.0263. The van der Waals surface area contributed by atoms with Crippen molar-refractivity contribution < 1.29 is 9.84 Å². The largest absolute Gasteiger partial charge is 0.389 e. The van der Waals surface area contributed by atoms with Gasteiger partial charge in [0.1, 0.15) is 0 Å². The molecule has 0 aromatic heterocycles. The summed E-state index contributed by atoms with van der Waals surface area (Å²) in [5.41, 5.74) is 1.05. The Labute approximate surface area is 131 Å². The van der Waals surface area contributed by atoms with Crippen LogP contribution in [0.15, 0.2) is 18.2 Å². The summed E-state index contributed by atoms with van der Waals surface area (Å²) >= 11 is 11.9. The molecule has 1 aromatic rings. The van der Waals surface area contributed by atoms with Crippen molar-refractivity contribution in [3.8, 4) is 0 Å². The zero-order valence-electron chi connectivity index (χ0n) is 12.0. The van der Waals surface area contributed by atoms with Crippen molar-refractivity contribution in [2.45, 2.75) is 26.4 Å². The summed E-state index contributed by atoms with van der Waals surface area (Å²) < 4.78 is 5.38. The zero-order chi connectivity index (χ0) is 15.0. The van der Waals surface area contributed by atoms with Gasteiger partial charge in [0, 0.05) is 23.2 Å². The van der Waals surface area contributed by atoms with Gasteiger partial charge < -0.3 is 15.2 Å². The van der Waals surface area contributed by atoms with E-state index in [2.05, 4.69) is 19.2 Å². The van der Waals surface area contributed by atoms with Gasteiger partial charge >= 0.3 is 0 Å². The number of nitrogens with one attached hydrogen (secondary N) is 1. The smallest absolute Gasteiger partial charge is 0.0897 e. The predicted octanol–water partition coefficient (Wildman–Crippen LogP) is 3.16. The molecule has 0 amide bonds. The van der Waals surface area contributed by atoms with Gasteiger partial charge in [-0.2, -0.15) is 0 Å². The minimum Gasteiger partial charge on any atom is -0.389 e. The lowest BCUT2D eigenvalue weighted by Crippen LogP contribution is -2.32. The van der Waals surface area contributed by atoms with Gasteiger partial charge in [-0.15, -0.1) is 0 Å². The molecule has 0 heterocycles. The van der Waals surface area contributed by atoms with E-state index in [0.717, 1.165) is 18.5 Å². The number of benzene rings is 1. The normalized spacial score (nSPS) is 12.9. The molecule has 0 saturated carbocycles. The predicted molar refractivity (Wildman–Crippen MR) is 84.7 cm³/mol. The van der Waals surface area contributed by atoms with E-state index in [1.807, 2.05) is 12.1 Å². The molecule has 0 aliphatic carbocycles.